The van der Waals surface area contributed by atoms with Crippen molar-refractivity contribution < 1.29 is 32.2 Å². The molecule has 4 rings (SSSR count). The van der Waals surface area contributed by atoms with E-state index in [9.17, 15) is 18.0 Å². The van der Waals surface area contributed by atoms with Crippen molar-refractivity contribution in [1.82, 2.24) is 8.87 Å². The Kier molecular flexibility index (Phi) is 6.54. The van der Waals surface area contributed by atoms with Crippen molar-refractivity contribution >= 4 is 43.5 Å². The van der Waals surface area contributed by atoms with Gasteiger partial charge >= 0.3 is 5.97 Å². The second-order valence-electron chi connectivity index (χ2n) is 7.65. The van der Waals surface area contributed by atoms with Crippen LogP contribution in [0.2, 0.25) is 0 Å². The standard InChI is InChI=1S/C20H25N3O7S2/c1-3-28-18(24)12-23-14-9-15-16(30-8-7-29-15)10-17(14)31-20(23)21-19(25)13-5-4-6-22(11-13)32(2,26)27/h9-10,13H,3-8,11-12H2,1-2H3. The Morgan fingerprint density at radius 3 is 2.66 bits per heavy atom. The van der Waals surface area contributed by atoms with Crippen LogP contribution in [0.5, 0.6) is 11.5 Å². The Morgan fingerprint density at radius 2 is 1.97 bits per heavy atom. The van der Waals surface area contributed by atoms with Crippen LogP contribution in [0.1, 0.15) is 19.8 Å². The molecule has 1 saturated heterocycles. The van der Waals surface area contributed by atoms with E-state index in [0.29, 0.717) is 54.4 Å². The number of aromatic nitrogens is 1. The minimum Gasteiger partial charge on any atom is -0.486 e. The molecule has 1 unspecified atom stereocenters. The summed E-state index contributed by atoms with van der Waals surface area (Å²) in [7, 11) is -3.38. The minimum atomic E-state index is -3.38. The van der Waals surface area contributed by atoms with E-state index in [1.807, 2.05) is 6.07 Å². The summed E-state index contributed by atoms with van der Waals surface area (Å²) in [5.41, 5.74) is 0.681. The maximum atomic E-state index is 13.0. The minimum absolute atomic E-state index is 0.111. The van der Waals surface area contributed by atoms with Gasteiger partial charge in [-0.25, -0.2) is 12.7 Å². The molecular weight excluding hydrogens is 458 g/mol. The first kappa shape index (κ1) is 22.7. The Balaban J connectivity index is 1.73. The van der Waals surface area contributed by atoms with Crippen LogP contribution in [-0.2, 0) is 30.9 Å². The third-order valence-corrected chi connectivity index (χ3v) is 7.66. The lowest BCUT2D eigenvalue weighted by atomic mass is 9.99. The fourth-order valence-corrected chi connectivity index (χ4v) is 5.77. The molecule has 12 heteroatoms. The van der Waals surface area contributed by atoms with Crippen LogP contribution in [0.4, 0.5) is 0 Å². The number of ether oxygens (including phenoxy) is 3. The second kappa shape index (κ2) is 9.20. The maximum absolute atomic E-state index is 13.0. The predicted molar refractivity (Wildman–Crippen MR) is 117 cm³/mol. The lowest BCUT2D eigenvalue weighted by Gasteiger charge is -2.28. The van der Waals surface area contributed by atoms with E-state index in [0.717, 1.165) is 11.0 Å². The number of carbonyl (C=O) groups is 2. The smallest absolute Gasteiger partial charge is 0.326 e. The number of esters is 1. The number of hydrogen-bond acceptors (Lipinski definition) is 8. The molecule has 2 aliphatic heterocycles. The van der Waals surface area contributed by atoms with Crippen LogP contribution in [-0.4, -0.2) is 68.3 Å². The molecule has 174 valence electrons. The van der Waals surface area contributed by atoms with Gasteiger partial charge in [0.2, 0.25) is 10.0 Å². The van der Waals surface area contributed by atoms with Crippen LogP contribution in [0, 0.1) is 5.92 Å². The van der Waals surface area contributed by atoms with Crippen molar-refractivity contribution in [3.8, 4) is 11.5 Å². The molecule has 0 spiro atoms. The zero-order chi connectivity index (χ0) is 22.9. The van der Waals surface area contributed by atoms with Crippen molar-refractivity contribution in [3.63, 3.8) is 0 Å². The average Bonchev–Trinajstić information content (AvgIpc) is 3.07. The first-order chi connectivity index (χ1) is 15.3. The topological polar surface area (TPSA) is 116 Å². The SMILES string of the molecule is CCOC(=O)Cn1c(=NC(=O)C2CCCN(S(C)(=O)=O)C2)sc2cc3c(cc21)OCCO3. The number of sulfonamides is 1. The molecular formula is C20H25N3O7S2. The Morgan fingerprint density at radius 1 is 1.25 bits per heavy atom. The molecule has 0 N–H and O–H groups in total. The number of rotatable bonds is 5. The van der Waals surface area contributed by atoms with E-state index in [-0.39, 0.29) is 19.7 Å². The largest absolute Gasteiger partial charge is 0.486 e. The van der Waals surface area contributed by atoms with Gasteiger partial charge in [-0.05, 0) is 19.8 Å². The number of benzene rings is 1. The normalized spacial score (nSPS) is 19.8. The lowest BCUT2D eigenvalue weighted by Crippen LogP contribution is -2.41. The van der Waals surface area contributed by atoms with Gasteiger partial charge in [-0.1, -0.05) is 11.3 Å². The highest BCUT2D eigenvalue weighted by molar-refractivity contribution is 7.88. The van der Waals surface area contributed by atoms with Gasteiger partial charge in [0.25, 0.3) is 5.91 Å². The predicted octanol–water partition coefficient (Wildman–Crippen LogP) is 1.14. The van der Waals surface area contributed by atoms with Gasteiger partial charge in [0.05, 0.1) is 29.0 Å². The molecule has 0 bridgehead atoms. The van der Waals surface area contributed by atoms with E-state index in [4.69, 9.17) is 14.2 Å². The molecule has 1 aromatic heterocycles. The average molecular weight is 484 g/mol. The van der Waals surface area contributed by atoms with Crippen molar-refractivity contribution in [2.75, 3.05) is 39.2 Å². The van der Waals surface area contributed by atoms with Crippen molar-refractivity contribution in [2.24, 2.45) is 10.9 Å². The Labute approximate surface area is 189 Å². The second-order valence-corrected chi connectivity index (χ2v) is 10.6. The molecule has 2 aromatic rings. The fourth-order valence-electron chi connectivity index (χ4n) is 3.81. The number of nitrogens with zero attached hydrogens (tertiary/aromatic N) is 3. The molecule has 0 aliphatic carbocycles. The summed E-state index contributed by atoms with van der Waals surface area (Å²) in [5, 5.41) is 0. The van der Waals surface area contributed by atoms with Crippen LogP contribution in [0.15, 0.2) is 17.1 Å². The molecule has 32 heavy (non-hydrogen) atoms. The zero-order valence-corrected chi connectivity index (χ0v) is 19.5. The fraction of sp³-hybridized carbons (Fsp3) is 0.550. The summed E-state index contributed by atoms with van der Waals surface area (Å²) in [6.45, 7) is 3.24. The van der Waals surface area contributed by atoms with Gasteiger partial charge in [0.15, 0.2) is 16.3 Å². The van der Waals surface area contributed by atoms with Gasteiger partial charge in [0, 0.05) is 25.2 Å². The molecule has 1 amide bonds. The molecule has 0 saturated carbocycles. The summed E-state index contributed by atoms with van der Waals surface area (Å²) in [5.74, 6) is -0.216. The monoisotopic (exact) mass is 483 g/mol. The van der Waals surface area contributed by atoms with Gasteiger partial charge < -0.3 is 18.8 Å². The number of fused-ring (bicyclic) bond motifs is 2. The molecule has 10 nitrogen and oxygen atoms in total. The Bertz CT molecular complexity index is 1220. The molecule has 3 heterocycles. The number of hydrogen-bond donors (Lipinski definition) is 0. The van der Waals surface area contributed by atoms with E-state index in [2.05, 4.69) is 4.99 Å². The van der Waals surface area contributed by atoms with Crippen LogP contribution in [0.3, 0.4) is 0 Å². The Hall–Kier alpha value is -2.44. The molecule has 1 aromatic carbocycles. The summed E-state index contributed by atoms with van der Waals surface area (Å²) in [4.78, 5) is 29.9. The van der Waals surface area contributed by atoms with Crippen molar-refractivity contribution in [3.05, 3.63) is 16.9 Å². The van der Waals surface area contributed by atoms with Gasteiger partial charge in [0.1, 0.15) is 19.8 Å². The van der Waals surface area contributed by atoms with Crippen LogP contribution < -0.4 is 14.3 Å². The van der Waals surface area contributed by atoms with E-state index in [1.165, 1.54) is 15.6 Å². The highest BCUT2D eigenvalue weighted by atomic mass is 32.2. The van der Waals surface area contributed by atoms with Gasteiger partial charge in [-0.2, -0.15) is 4.99 Å². The van der Waals surface area contributed by atoms with E-state index in [1.54, 1.807) is 17.6 Å². The van der Waals surface area contributed by atoms with Gasteiger partial charge in [-0.3, -0.25) is 9.59 Å². The van der Waals surface area contributed by atoms with Gasteiger partial charge in [-0.15, -0.1) is 0 Å². The van der Waals surface area contributed by atoms with Crippen molar-refractivity contribution in [2.45, 2.75) is 26.3 Å². The third kappa shape index (κ3) is 4.81. The summed E-state index contributed by atoms with van der Waals surface area (Å²) >= 11 is 1.26. The van der Waals surface area contributed by atoms with E-state index < -0.39 is 27.8 Å². The number of piperidine rings is 1. The highest BCUT2D eigenvalue weighted by Crippen LogP contribution is 2.35. The number of amides is 1. The highest BCUT2D eigenvalue weighted by Gasteiger charge is 2.30. The lowest BCUT2D eigenvalue weighted by molar-refractivity contribution is -0.143. The maximum Gasteiger partial charge on any atom is 0.326 e. The number of thiazole rings is 1. The zero-order valence-electron chi connectivity index (χ0n) is 17.9. The third-order valence-electron chi connectivity index (χ3n) is 5.35. The molecule has 1 fully saturated rings. The van der Waals surface area contributed by atoms with Crippen LogP contribution >= 0.6 is 11.3 Å². The number of carbonyl (C=O) groups excluding carboxylic acids is 2. The summed E-state index contributed by atoms with van der Waals surface area (Å²) in [6, 6.07) is 3.58. The summed E-state index contributed by atoms with van der Waals surface area (Å²) in [6.07, 6.45) is 2.30. The molecule has 0 radical (unpaired) electrons. The van der Waals surface area contributed by atoms with Crippen molar-refractivity contribution in [1.29, 1.82) is 0 Å². The van der Waals surface area contributed by atoms with Crippen LogP contribution in [0.25, 0.3) is 10.2 Å². The first-order valence-corrected chi connectivity index (χ1v) is 13.0. The molecule has 2 aliphatic rings. The summed E-state index contributed by atoms with van der Waals surface area (Å²) < 4.78 is 43.9. The molecule has 1 atom stereocenters. The quantitative estimate of drug-likeness (QED) is 0.586. The van der Waals surface area contributed by atoms with E-state index >= 15 is 0 Å². The first-order valence-electron chi connectivity index (χ1n) is 10.4.